The van der Waals surface area contributed by atoms with Crippen molar-refractivity contribution in [1.29, 1.82) is 0 Å². The van der Waals surface area contributed by atoms with Gasteiger partial charge in [0.15, 0.2) is 5.82 Å². The molecule has 0 aliphatic carbocycles. The molecule has 0 bridgehead atoms. The van der Waals surface area contributed by atoms with E-state index in [4.69, 9.17) is 27.1 Å². The minimum atomic E-state index is -4.84. The molecule has 0 amide bonds. The van der Waals surface area contributed by atoms with Crippen LogP contribution >= 0.6 is 11.6 Å². The largest absolute Gasteiger partial charge is 0.424 e. The molecule has 226 valence electrons. The van der Waals surface area contributed by atoms with Crippen LogP contribution in [0, 0.1) is 12.7 Å². The fourth-order valence-electron chi connectivity index (χ4n) is 5.94. The number of hydrogen-bond donors (Lipinski definition) is 2. The minimum absolute atomic E-state index is 0.0312. The molecule has 8 nitrogen and oxygen atoms in total. The number of nitrogens with two attached hydrogens (primary N) is 1. The lowest BCUT2D eigenvalue weighted by Crippen LogP contribution is -2.50. The average Bonchev–Trinajstić information content (AvgIpc) is 2.92. The third-order valence-corrected chi connectivity index (χ3v) is 8.29. The van der Waals surface area contributed by atoms with Gasteiger partial charge in [-0.05, 0) is 56.6 Å². The number of pyridine rings is 1. The van der Waals surface area contributed by atoms with Gasteiger partial charge in [0, 0.05) is 49.7 Å². The fourth-order valence-corrected chi connectivity index (χ4v) is 6.23. The number of anilines is 2. The number of halogens is 5. The SMILES string of the molecule is Cc1cc(N)nc(-c2c(Cl)cc3c(N4CCNC[C@@H]4C)nc(Oc4cccc5c4CCN(C)C5)nc3c2F)c1C(F)(F)F. The van der Waals surface area contributed by atoms with E-state index < -0.39 is 28.8 Å². The number of piperazine rings is 1. The number of benzene rings is 2. The molecule has 1 fully saturated rings. The molecule has 4 heterocycles. The number of nitrogens with zero attached hydrogens (tertiary/aromatic N) is 5. The van der Waals surface area contributed by atoms with E-state index in [-0.39, 0.29) is 39.4 Å². The van der Waals surface area contributed by atoms with Gasteiger partial charge in [-0.15, -0.1) is 0 Å². The first-order chi connectivity index (χ1) is 20.4. The number of fused-ring (bicyclic) bond motifs is 2. The Bertz CT molecular complexity index is 1730. The van der Waals surface area contributed by atoms with Crippen LogP contribution in [0.15, 0.2) is 30.3 Å². The van der Waals surface area contributed by atoms with Crippen molar-refractivity contribution in [3.8, 4) is 23.0 Å². The van der Waals surface area contributed by atoms with Gasteiger partial charge in [0.05, 0.1) is 21.8 Å². The first-order valence-electron chi connectivity index (χ1n) is 13.9. The Morgan fingerprint density at radius 1 is 1.14 bits per heavy atom. The van der Waals surface area contributed by atoms with Gasteiger partial charge in [0.2, 0.25) is 0 Å². The van der Waals surface area contributed by atoms with Crippen molar-refractivity contribution in [2.75, 3.05) is 43.9 Å². The second-order valence-electron chi connectivity index (χ2n) is 11.1. The van der Waals surface area contributed by atoms with Gasteiger partial charge in [-0.3, -0.25) is 0 Å². The van der Waals surface area contributed by atoms with E-state index >= 15 is 4.39 Å². The van der Waals surface area contributed by atoms with Crippen LogP contribution in [0.25, 0.3) is 22.2 Å². The third-order valence-electron chi connectivity index (χ3n) is 7.99. The molecule has 4 aromatic rings. The van der Waals surface area contributed by atoms with Gasteiger partial charge in [-0.1, -0.05) is 23.7 Å². The molecule has 0 unspecified atom stereocenters. The minimum Gasteiger partial charge on any atom is -0.424 e. The molecule has 13 heteroatoms. The number of hydrogen-bond acceptors (Lipinski definition) is 8. The van der Waals surface area contributed by atoms with E-state index in [1.165, 1.54) is 13.0 Å². The highest BCUT2D eigenvalue weighted by Gasteiger charge is 2.39. The van der Waals surface area contributed by atoms with Gasteiger partial charge >= 0.3 is 12.2 Å². The summed E-state index contributed by atoms with van der Waals surface area (Å²) in [7, 11) is 2.04. The topological polar surface area (TPSA) is 92.4 Å². The van der Waals surface area contributed by atoms with Crippen molar-refractivity contribution in [2.24, 2.45) is 0 Å². The summed E-state index contributed by atoms with van der Waals surface area (Å²) < 4.78 is 65.5. The molecule has 3 N–H and O–H groups in total. The Balaban J connectivity index is 1.58. The van der Waals surface area contributed by atoms with Crippen LogP contribution in [0.2, 0.25) is 5.02 Å². The van der Waals surface area contributed by atoms with E-state index in [9.17, 15) is 13.2 Å². The monoisotopic (exact) mass is 615 g/mol. The number of aromatic nitrogens is 3. The van der Waals surface area contributed by atoms with Crippen molar-refractivity contribution in [3.63, 3.8) is 0 Å². The van der Waals surface area contributed by atoms with Crippen molar-refractivity contribution in [3.05, 3.63) is 63.4 Å². The maximum Gasteiger partial charge on any atom is 0.418 e. The number of aryl methyl sites for hydroxylation is 1. The maximum absolute atomic E-state index is 16.6. The highest BCUT2D eigenvalue weighted by Crippen LogP contribution is 2.45. The predicted octanol–water partition coefficient (Wildman–Crippen LogP) is 5.97. The summed E-state index contributed by atoms with van der Waals surface area (Å²) in [6.07, 6.45) is -4.10. The van der Waals surface area contributed by atoms with E-state index in [0.717, 1.165) is 36.7 Å². The lowest BCUT2D eigenvalue weighted by atomic mass is 9.98. The van der Waals surface area contributed by atoms with Crippen molar-refractivity contribution < 1.29 is 22.3 Å². The molecule has 2 aliphatic rings. The molecule has 2 aromatic heterocycles. The smallest absolute Gasteiger partial charge is 0.418 e. The molecule has 0 spiro atoms. The highest BCUT2D eigenvalue weighted by atomic mass is 35.5. The van der Waals surface area contributed by atoms with Crippen molar-refractivity contribution in [1.82, 2.24) is 25.2 Å². The lowest BCUT2D eigenvalue weighted by molar-refractivity contribution is -0.137. The zero-order chi connectivity index (χ0) is 30.6. The number of rotatable bonds is 4. The number of alkyl halides is 3. The first-order valence-corrected chi connectivity index (χ1v) is 14.3. The maximum atomic E-state index is 16.6. The standard InChI is InChI=1S/C30H30ClF4N7O/c1-15-11-22(36)38-27(24(15)30(33,34)35)23-20(31)12-19-26(25(23)32)39-29(40-28(19)42-10-8-37-13-16(42)2)43-21-6-4-5-17-14-41(3)9-7-18(17)21/h4-6,11-12,16,37H,7-10,13-14H2,1-3H3,(H2,36,38)/t16-/m0/s1. The van der Waals surface area contributed by atoms with Crippen LogP contribution < -0.4 is 20.7 Å². The highest BCUT2D eigenvalue weighted by molar-refractivity contribution is 6.34. The summed E-state index contributed by atoms with van der Waals surface area (Å²) >= 11 is 6.57. The molecule has 2 aliphatic heterocycles. The molecular weight excluding hydrogens is 586 g/mol. The number of ether oxygens (including phenoxy) is 1. The van der Waals surface area contributed by atoms with Crippen LogP contribution in [0.3, 0.4) is 0 Å². The lowest BCUT2D eigenvalue weighted by Gasteiger charge is -2.35. The average molecular weight is 616 g/mol. The third kappa shape index (κ3) is 5.43. The summed E-state index contributed by atoms with van der Waals surface area (Å²) in [6.45, 7) is 6.67. The van der Waals surface area contributed by atoms with Gasteiger partial charge < -0.3 is 25.6 Å². The Labute approximate surface area is 250 Å². The molecule has 6 rings (SSSR count). The molecule has 1 atom stereocenters. The van der Waals surface area contributed by atoms with Gasteiger partial charge in [0.25, 0.3) is 0 Å². The summed E-state index contributed by atoms with van der Waals surface area (Å²) in [5, 5.41) is 3.29. The second-order valence-corrected chi connectivity index (χ2v) is 11.5. The van der Waals surface area contributed by atoms with Gasteiger partial charge in [-0.25, -0.2) is 9.37 Å². The molecule has 0 radical (unpaired) electrons. The summed E-state index contributed by atoms with van der Waals surface area (Å²) in [6, 6.07) is 8.04. The summed E-state index contributed by atoms with van der Waals surface area (Å²) in [4.78, 5) is 17.2. The van der Waals surface area contributed by atoms with Crippen LogP contribution in [0.4, 0.5) is 29.2 Å². The zero-order valence-electron chi connectivity index (χ0n) is 23.8. The van der Waals surface area contributed by atoms with E-state index in [2.05, 4.69) is 20.2 Å². The fraction of sp³-hybridized carbons (Fsp3) is 0.367. The summed E-state index contributed by atoms with van der Waals surface area (Å²) in [5.41, 5.74) is 5.14. The van der Waals surface area contributed by atoms with Crippen molar-refractivity contribution in [2.45, 2.75) is 39.0 Å². The van der Waals surface area contributed by atoms with E-state index in [1.54, 1.807) is 0 Å². The predicted molar refractivity (Wildman–Crippen MR) is 158 cm³/mol. The van der Waals surface area contributed by atoms with Gasteiger partial charge in [0.1, 0.15) is 22.9 Å². The number of likely N-dealkylation sites (N-methyl/N-ethyl adjacent to an activating group) is 1. The Kier molecular flexibility index (Phi) is 7.55. The molecule has 1 saturated heterocycles. The number of nitrogens with one attached hydrogen (secondary N) is 1. The molecule has 43 heavy (non-hydrogen) atoms. The zero-order valence-corrected chi connectivity index (χ0v) is 24.6. The second kappa shape index (κ2) is 11.1. The Morgan fingerprint density at radius 2 is 1.93 bits per heavy atom. The van der Waals surface area contributed by atoms with Crippen LogP contribution in [0.5, 0.6) is 11.8 Å². The quantitative estimate of drug-likeness (QED) is 0.271. The number of nitrogen functional groups attached to an aromatic ring is 1. The van der Waals surface area contributed by atoms with E-state index in [1.807, 2.05) is 37.1 Å². The van der Waals surface area contributed by atoms with Crippen LogP contribution in [0.1, 0.15) is 29.2 Å². The molecule has 2 aromatic carbocycles. The van der Waals surface area contributed by atoms with Crippen molar-refractivity contribution >= 4 is 34.1 Å². The molecular formula is C30H30ClF4N7O. The normalized spacial score (nSPS) is 17.8. The summed E-state index contributed by atoms with van der Waals surface area (Å²) in [5.74, 6) is -0.346. The van der Waals surface area contributed by atoms with E-state index in [0.29, 0.717) is 31.2 Å². The van der Waals surface area contributed by atoms with Crippen LogP contribution in [-0.2, 0) is 19.1 Å². The molecule has 0 saturated carbocycles. The first kappa shape index (κ1) is 29.3. The van der Waals surface area contributed by atoms with Gasteiger partial charge in [-0.2, -0.15) is 23.1 Å². The Hall–Kier alpha value is -3.74. The van der Waals surface area contributed by atoms with Crippen LogP contribution in [-0.4, -0.2) is 59.1 Å². The Morgan fingerprint density at radius 3 is 2.67 bits per heavy atom.